The van der Waals surface area contributed by atoms with E-state index in [2.05, 4.69) is 29.0 Å². The zero-order valence-corrected chi connectivity index (χ0v) is 19.1. The molecule has 33 heavy (non-hydrogen) atoms. The first kappa shape index (κ1) is 23.1. The summed E-state index contributed by atoms with van der Waals surface area (Å²) in [6, 6.07) is 22.6. The Balaban J connectivity index is 1.30. The number of sulfonamides is 1. The fourth-order valence-electron chi connectivity index (χ4n) is 4.15. The van der Waals surface area contributed by atoms with Crippen LogP contribution in [0.25, 0.3) is 0 Å². The molecule has 172 valence electrons. The fraction of sp³-hybridized carbons (Fsp3) is 0.269. The number of hydrogen-bond acceptors (Lipinski definition) is 3. The van der Waals surface area contributed by atoms with Crippen LogP contribution in [0.3, 0.4) is 0 Å². The first-order valence-electron chi connectivity index (χ1n) is 11.1. The van der Waals surface area contributed by atoms with E-state index < -0.39 is 15.8 Å². The second kappa shape index (κ2) is 10.3. The van der Waals surface area contributed by atoms with E-state index in [4.69, 9.17) is 0 Å². The summed E-state index contributed by atoms with van der Waals surface area (Å²) in [7, 11) is -3.96. The zero-order chi connectivity index (χ0) is 23.3. The Morgan fingerprint density at radius 2 is 1.52 bits per heavy atom. The van der Waals surface area contributed by atoms with Crippen molar-refractivity contribution in [1.29, 1.82) is 0 Å². The molecule has 1 amide bonds. The molecule has 0 atom stereocenters. The first-order valence-corrected chi connectivity index (χ1v) is 12.6. The van der Waals surface area contributed by atoms with Crippen LogP contribution < -0.4 is 4.72 Å². The second-order valence-electron chi connectivity index (χ2n) is 8.38. The maximum atomic E-state index is 13.8. The van der Waals surface area contributed by atoms with E-state index >= 15 is 0 Å². The van der Waals surface area contributed by atoms with Crippen molar-refractivity contribution in [3.8, 4) is 0 Å². The largest absolute Gasteiger partial charge is 0.339 e. The Bertz CT molecular complexity index is 1190. The summed E-state index contributed by atoms with van der Waals surface area (Å²) in [5.41, 5.74) is 2.61. The smallest absolute Gasteiger partial charge is 0.253 e. The van der Waals surface area contributed by atoms with Gasteiger partial charge in [0.15, 0.2) is 0 Å². The van der Waals surface area contributed by atoms with Gasteiger partial charge in [0.1, 0.15) is 10.7 Å². The van der Waals surface area contributed by atoms with Crippen LogP contribution in [0, 0.1) is 11.7 Å². The molecule has 0 spiro atoms. The van der Waals surface area contributed by atoms with Crippen molar-refractivity contribution in [3.05, 3.63) is 101 Å². The fourth-order valence-corrected chi connectivity index (χ4v) is 5.25. The number of halogens is 1. The highest BCUT2D eigenvalue weighted by Gasteiger charge is 2.24. The van der Waals surface area contributed by atoms with Gasteiger partial charge in [-0.05, 0) is 60.6 Å². The number of carbonyl (C=O) groups excluding carboxylic acids is 1. The van der Waals surface area contributed by atoms with Gasteiger partial charge in [0.05, 0.1) is 0 Å². The molecular formula is C26H27FN2O3S. The first-order chi connectivity index (χ1) is 15.9. The minimum atomic E-state index is -3.96. The lowest BCUT2D eigenvalue weighted by Crippen LogP contribution is -2.38. The van der Waals surface area contributed by atoms with Gasteiger partial charge >= 0.3 is 0 Å². The van der Waals surface area contributed by atoms with Crippen molar-refractivity contribution in [2.75, 3.05) is 13.1 Å². The van der Waals surface area contributed by atoms with E-state index in [-0.39, 0.29) is 17.3 Å². The lowest BCUT2D eigenvalue weighted by molar-refractivity contribution is 0.0690. The van der Waals surface area contributed by atoms with Gasteiger partial charge in [-0.25, -0.2) is 17.5 Å². The molecule has 1 N–H and O–H groups in total. The molecule has 1 aliphatic rings. The number of benzene rings is 3. The molecule has 3 aromatic rings. The third kappa shape index (κ3) is 5.86. The Hall–Kier alpha value is -3.03. The van der Waals surface area contributed by atoms with Crippen molar-refractivity contribution < 1.29 is 17.6 Å². The van der Waals surface area contributed by atoms with Gasteiger partial charge in [0.25, 0.3) is 5.91 Å². The number of likely N-dealkylation sites (tertiary alicyclic amines) is 1. The summed E-state index contributed by atoms with van der Waals surface area (Å²) in [6.07, 6.45) is 3.01. The lowest BCUT2D eigenvalue weighted by atomic mass is 9.90. The molecular weight excluding hydrogens is 439 g/mol. The van der Waals surface area contributed by atoms with Crippen molar-refractivity contribution in [2.24, 2.45) is 5.92 Å². The normalized spacial score (nSPS) is 14.9. The maximum Gasteiger partial charge on any atom is 0.253 e. The molecule has 1 heterocycles. The van der Waals surface area contributed by atoms with Gasteiger partial charge < -0.3 is 4.90 Å². The quantitative estimate of drug-likeness (QED) is 0.561. The van der Waals surface area contributed by atoms with Crippen molar-refractivity contribution in [1.82, 2.24) is 9.62 Å². The highest BCUT2D eigenvalue weighted by Crippen LogP contribution is 2.23. The topological polar surface area (TPSA) is 66.5 Å². The van der Waals surface area contributed by atoms with E-state index in [1.54, 1.807) is 24.3 Å². The summed E-state index contributed by atoms with van der Waals surface area (Å²) in [5.74, 6) is -0.216. The van der Waals surface area contributed by atoms with Gasteiger partial charge in [0.2, 0.25) is 10.0 Å². The van der Waals surface area contributed by atoms with Crippen molar-refractivity contribution >= 4 is 15.9 Å². The van der Waals surface area contributed by atoms with Crippen LogP contribution in [-0.4, -0.2) is 32.3 Å². The number of amides is 1. The van der Waals surface area contributed by atoms with Crippen LogP contribution in [0.15, 0.2) is 83.8 Å². The van der Waals surface area contributed by atoms with E-state index in [1.807, 2.05) is 11.0 Å². The molecule has 1 aliphatic heterocycles. The predicted octanol–water partition coefficient (Wildman–Crippen LogP) is 4.40. The Kier molecular flexibility index (Phi) is 7.20. The lowest BCUT2D eigenvalue weighted by Gasteiger charge is -2.32. The van der Waals surface area contributed by atoms with Gasteiger partial charge in [-0.3, -0.25) is 4.79 Å². The molecule has 1 fully saturated rings. The molecule has 3 aromatic carbocycles. The number of rotatable bonds is 7. The summed E-state index contributed by atoms with van der Waals surface area (Å²) in [4.78, 5) is 14.4. The number of nitrogens with zero attached hydrogens (tertiary/aromatic N) is 1. The standard InChI is InChI=1S/C26H27FN2O3S/c27-24-8-4-5-9-25(24)33(31,32)28-19-22-10-12-23(13-11-22)26(30)29-16-14-21(15-17-29)18-20-6-2-1-3-7-20/h1-13,21,28H,14-19H2. The van der Waals surface area contributed by atoms with E-state index in [0.717, 1.165) is 38.4 Å². The van der Waals surface area contributed by atoms with Crippen LogP contribution >= 0.6 is 0 Å². The number of hydrogen-bond donors (Lipinski definition) is 1. The van der Waals surface area contributed by atoms with Crippen molar-refractivity contribution in [2.45, 2.75) is 30.7 Å². The molecule has 0 aliphatic carbocycles. The average molecular weight is 467 g/mol. The number of carbonyl (C=O) groups is 1. The molecule has 0 bridgehead atoms. The monoisotopic (exact) mass is 466 g/mol. The minimum absolute atomic E-state index is 0.00773. The molecule has 0 aromatic heterocycles. The van der Waals surface area contributed by atoms with E-state index in [0.29, 0.717) is 17.0 Å². The molecule has 4 rings (SSSR count). The van der Waals surface area contributed by atoms with Crippen LogP contribution in [0.4, 0.5) is 4.39 Å². The van der Waals surface area contributed by atoms with Gasteiger partial charge in [-0.1, -0.05) is 54.6 Å². The summed E-state index contributed by atoms with van der Waals surface area (Å²) in [6.45, 7) is 1.48. The number of nitrogens with one attached hydrogen (secondary N) is 1. The molecule has 0 unspecified atom stereocenters. The zero-order valence-electron chi connectivity index (χ0n) is 18.3. The molecule has 7 heteroatoms. The summed E-state index contributed by atoms with van der Waals surface area (Å²) < 4.78 is 40.9. The van der Waals surface area contributed by atoms with Gasteiger partial charge in [-0.15, -0.1) is 0 Å². The van der Waals surface area contributed by atoms with Crippen LogP contribution in [0.2, 0.25) is 0 Å². The average Bonchev–Trinajstić information content (AvgIpc) is 2.84. The van der Waals surface area contributed by atoms with Crippen molar-refractivity contribution in [3.63, 3.8) is 0 Å². The molecule has 5 nitrogen and oxygen atoms in total. The van der Waals surface area contributed by atoms with Crippen LogP contribution in [0.1, 0.15) is 34.3 Å². The summed E-state index contributed by atoms with van der Waals surface area (Å²) >= 11 is 0. The molecule has 1 saturated heterocycles. The SMILES string of the molecule is O=C(c1ccc(CNS(=O)(=O)c2ccccc2F)cc1)N1CCC(Cc2ccccc2)CC1. The third-order valence-electron chi connectivity index (χ3n) is 6.06. The number of piperidine rings is 1. The Morgan fingerprint density at radius 1 is 0.879 bits per heavy atom. The highest BCUT2D eigenvalue weighted by molar-refractivity contribution is 7.89. The van der Waals surface area contributed by atoms with E-state index in [9.17, 15) is 17.6 Å². The second-order valence-corrected chi connectivity index (χ2v) is 10.1. The Labute approximate surface area is 194 Å². The molecule has 0 saturated carbocycles. The minimum Gasteiger partial charge on any atom is -0.339 e. The predicted molar refractivity (Wildman–Crippen MR) is 126 cm³/mol. The molecule has 0 radical (unpaired) electrons. The Morgan fingerprint density at radius 3 is 2.18 bits per heavy atom. The van der Waals surface area contributed by atoms with Gasteiger partial charge in [0, 0.05) is 25.2 Å². The summed E-state index contributed by atoms with van der Waals surface area (Å²) in [5, 5.41) is 0. The van der Waals surface area contributed by atoms with Crippen LogP contribution in [-0.2, 0) is 23.0 Å². The van der Waals surface area contributed by atoms with Crippen LogP contribution in [0.5, 0.6) is 0 Å². The highest BCUT2D eigenvalue weighted by atomic mass is 32.2. The van der Waals surface area contributed by atoms with E-state index in [1.165, 1.54) is 23.8 Å². The maximum absolute atomic E-state index is 13.8. The third-order valence-corrected chi connectivity index (χ3v) is 7.50. The van der Waals surface area contributed by atoms with Gasteiger partial charge in [-0.2, -0.15) is 0 Å².